The second kappa shape index (κ2) is 7.29. The molecule has 2 N–H and O–H groups in total. The third kappa shape index (κ3) is 3.77. The number of hydrogen-bond donors (Lipinski definition) is 2. The molecule has 26 heavy (non-hydrogen) atoms. The van der Waals surface area contributed by atoms with Crippen molar-refractivity contribution in [3.05, 3.63) is 41.0 Å². The van der Waals surface area contributed by atoms with Crippen molar-refractivity contribution in [3.8, 4) is 0 Å². The van der Waals surface area contributed by atoms with Crippen molar-refractivity contribution >= 4 is 44.9 Å². The van der Waals surface area contributed by atoms with Crippen molar-refractivity contribution in [1.29, 1.82) is 0 Å². The summed E-state index contributed by atoms with van der Waals surface area (Å²) in [5.41, 5.74) is 2.30. The van der Waals surface area contributed by atoms with E-state index < -0.39 is 0 Å². The first-order valence-electron chi connectivity index (χ1n) is 8.49. The van der Waals surface area contributed by atoms with Crippen LogP contribution in [0, 0.1) is 12.8 Å². The number of fused-ring (bicyclic) bond motifs is 1. The summed E-state index contributed by atoms with van der Waals surface area (Å²) < 4.78 is 0. The van der Waals surface area contributed by atoms with E-state index in [0.29, 0.717) is 33.9 Å². The molecule has 0 bridgehead atoms. The summed E-state index contributed by atoms with van der Waals surface area (Å²) in [7, 11) is 0. The van der Waals surface area contributed by atoms with Crippen molar-refractivity contribution in [2.45, 2.75) is 27.7 Å². The van der Waals surface area contributed by atoms with E-state index in [1.807, 2.05) is 44.3 Å². The van der Waals surface area contributed by atoms with Crippen molar-refractivity contribution in [3.63, 3.8) is 0 Å². The number of thiazole rings is 1. The lowest BCUT2D eigenvalue weighted by atomic mass is 10.2. The Morgan fingerprint density at radius 2 is 2.08 bits per heavy atom. The van der Waals surface area contributed by atoms with Gasteiger partial charge in [-0.3, -0.25) is 14.5 Å². The Hall–Kier alpha value is -2.67. The van der Waals surface area contributed by atoms with Gasteiger partial charge in [-0.15, -0.1) is 0 Å². The van der Waals surface area contributed by atoms with E-state index in [1.54, 1.807) is 11.8 Å². The highest BCUT2D eigenvalue weighted by molar-refractivity contribution is 7.17. The molecule has 0 aliphatic heterocycles. The molecule has 0 aliphatic carbocycles. The summed E-state index contributed by atoms with van der Waals surface area (Å²) in [6.45, 7) is 7.97. The van der Waals surface area contributed by atoms with E-state index in [2.05, 4.69) is 15.3 Å². The van der Waals surface area contributed by atoms with E-state index in [1.165, 1.54) is 18.3 Å². The van der Waals surface area contributed by atoms with E-state index in [9.17, 15) is 9.59 Å². The molecule has 0 radical (unpaired) electrons. The van der Waals surface area contributed by atoms with Gasteiger partial charge in [-0.1, -0.05) is 31.3 Å². The maximum absolute atomic E-state index is 12.7. The molecule has 3 rings (SSSR count). The van der Waals surface area contributed by atoms with Crippen LogP contribution in [0.3, 0.4) is 0 Å². The number of rotatable bonds is 5. The zero-order valence-corrected chi connectivity index (χ0v) is 16.1. The van der Waals surface area contributed by atoms with E-state index in [4.69, 9.17) is 0 Å². The van der Waals surface area contributed by atoms with Crippen molar-refractivity contribution in [2.75, 3.05) is 16.8 Å². The van der Waals surface area contributed by atoms with Gasteiger partial charge >= 0.3 is 0 Å². The largest absolute Gasteiger partial charge is 0.361 e. The zero-order chi connectivity index (χ0) is 18.8. The molecule has 0 fully saturated rings. The first-order chi connectivity index (χ1) is 12.3. The first-order valence-corrected chi connectivity index (χ1v) is 9.31. The maximum Gasteiger partial charge on any atom is 0.267 e. The lowest BCUT2D eigenvalue weighted by molar-refractivity contribution is -0.116. The van der Waals surface area contributed by atoms with Crippen LogP contribution in [0.2, 0.25) is 0 Å². The fourth-order valence-electron chi connectivity index (χ4n) is 2.73. The van der Waals surface area contributed by atoms with Crippen LogP contribution in [0.5, 0.6) is 0 Å². The summed E-state index contributed by atoms with van der Waals surface area (Å²) in [5.74, 6) is 0.0229. The molecule has 2 heterocycles. The van der Waals surface area contributed by atoms with Gasteiger partial charge in [0.15, 0.2) is 5.13 Å². The number of nitrogens with one attached hydrogen (secondary N) is 2. The Morgan fingerprint density at radius 3 is 2.77 bits per heavy atom. The first kappa shape index (κ1) is 18.1. The summed E-state index contributed by atoms with van der Waals surface area (Å²) in [5, 5.41) is 4.56. The van der Waals surface area contributed by atoms with Gasteiger partial charge in [-0.2, -0.15) is 0 Å². The molecule has 2 aromatic heterocycles. The van der Waals surface area contributed by atoms with E-state index in [0.717, 1.165) is 10.9 Å². The second-order valence-electron chi connectivity index (χ2n) is 6.67. The average Bonchev–Trinajstić information content (AvgIpc) is 3.18. The normalized spacial score (nSPS) is 11.1. The molecule has 0 saturated heterocycles. The number of carbonyl (C=O) groups excluding carboxylic acids is 2. The molecule has 1 aromatic carbocycles. The van der Waals surface area contributed by atoms with Gasteiger partial charge in [0.2, 0.25) is 5.91 Å². The lowest BCUT2D eigenvalue weighted by Gasteiger charge is -2.19. The highest BCUT2D eigenvalue weighted by Gasteiger charge is 2.22. The standard InChI is InChI=1S/C19H22N4O2S/c1-11(2)10-23(13(4)24)19-21-12(3)17(26-19)18(25)22-15-6-5-14-7-8-20-16(14)9-15/h5-9,11,20H,10H2,1-4H3,(H,22,25). The fraction of sp³-hybridized carbons (Fsp3) is 0.316. The van der Waals surface area contributed by atoms with Gasteiger partial charge in [0.25, 0.3) is 5.91 Å². The number of nitrogens with zero attached hydrogens (tertiary/aromatic N) is 2. The van der Waals surface area contributed by atoms with Gasteiger partial charge in [-0.25, -0.2) is 4.98 Å². The minimum Gasteiger partial charge on any atom is -0.361 e. The van der Waals surface area contributed by atoms with Crippen LogP contribution < -0.4 is 10.2 Å². The molecule has 2 amide bonds. The van der Waals surface area contributed by atoms with Crippen LogP contribution in [0.4, 0.5) is 10.8 Å². The highest BCUT2D eigenvalue weighted by Crippen LogP contribution is 2.28. The molecule has 136 valence electrons. The molecule has 0 aliphatic rings. The number of H-pyrrole nitrogens is 1. The quantitative estimate of drug-likeness (QED) is 0.707. The predicted molar refractivity (Wildman–Crippen MR) is 106 cm³/mol. The number of amides is 2. The molecule has 0 atom stereocenters. The van der Waals surface area contributed by atoms with Crippen molar-refractivity contribution < 1.29 is 9.59 Å². The van der Waals surface area contributed by atoms with Gasteiger partial charge in [0, 0.05) is 30.9 Å². The van der Waals surface area contributed by atoms with Crippen LogP contribution in [0.1, 0.15) is 36.1 Å². The monoisotopic (exact) mass is 370 g/mol. The van der Waals surface area contributed by atoms with Gasteiger partial charge in [0.05, 0.1) is 5.69 Å². The fourth-order valence-corrected chi connectivity index (χ4v) is 3.74. The Bertz CT molecular complexity index is 958. The third-order valence-electron chi connectivity index (χ3n) is 3.96. The number of aromatic nitrogens is 2. The Labute approximate surface area is 156 Å². The SMILES string of the molecule is CC(=O)N(CC(C)C)c1nc(C)c(C(=O)Nc2ccc3cc[nH]c3c2)s1. The average molecular weight is 370 g/mol. The van der Waals surface area contributed by atoms with Crippen LogP contribution in [0.25, 0.3) is 10.9 Å². The Morgan fingerprint density at radius 1 is 1.31 bits per heavy atom. The number of carbonyl (C=O) groups is 2. The summed E-state index contributed by atoms with van der Waals surface area (Å²) >= 11 is 1.24. The van der Waals surface area contributed by atoms with E-state index >= 15 is 0 Å². The van der Waals surface area contributed by atoms with Crippen LogP contribution in [0.15, 0.2) is 30.5 Å². The summed E-state index contributed by atoms with van der Waals surface area (Å²) in [6.07, 6.45) is 1.86. The molecular formula is C19H22N4O2S. The molecule has 7 heteroatoms. The van der Waals surface area contributed by atoms with E-state index in [-0.39, 0.29) is 11.8 Å². The molecule has 3 aromatic rings. The number of aromatic amines is 1. The molecule has 0 spiro atoms. The van der Waals surface area contributed by atoms with Gasteiger partial charge in [0.1, 0.15) is 4.88 Å². The summed E-state index contributed by atoms with van der Waals surface area (Å²) in [4.78, 5) is 34.4. The molecular weight excluding hydrogens is 348 g/mol. The minimum atomic E-state index is -0.217. The number of anilines is 2. The minimum absolute atomic E-state index is 0.0726. The predicted octanol–water partition coefficient (Wildman–Crippen LogP) is 4.19. The number of hydrogen-bond acceptors (Lipinski definition) is 4. The molecule has 0 saturated carbocycles. The number of aryl methyl sites for hydroxylation is 1. The van der Waals surface area contributed by atoms with Crippen molar-refractivity contribution in [1.82, 2.24) is 9.97 Å². The Kier molecular flexibility index (Phi) is 5.08. The topological polar surface area (TPSA) is 78.1 Å². The van der Waals surface area contributed by atoms with Gasteiger partial charge in [-0.05, 0) is 36.4 Å². The maximum atomic E-state index is 12.7. The molecule has 6 nitrogen and oxygen atoms in total. The lowest BCUT2D eigenvalue weighted by Crippen LogP contribution is -2.32. The van der Waals surface area contributed by atoms with Crippen molar-refractivity contribution in [2.24, 2.45) is 5.92 Å². The smallest absolute Gasteiger partial charge is 0.267 e. The molecule has 0 unspecified atom stereocenters. The third-order valence-corrected chi connectivity index (χ3v) is 5.14. The van der Waals surface area contributed by atoms with Gasteiger partial charge < -0.3 is 10.3 Å². The zero-order valence-electron chi connectivity index (χ0n) is 15.3. The number of benzene rings is 1. The second-order valence-corrected chi connectivity index (χ2v) is 7.65. The summed E-state index contributed by atoms with van der Waals surface area (Å²) in [6, 6.07) is 7.69. The Balaban J connectivity index is 1.83. The van der Waals surface area contributed by atoms with Crippen LogP contribution >= 0.6 is 11.3 Å². The van der Waals surface area contributed by atoms with Crippen LogP contribution in [-0.4, -0.2) is 28.3 Å². The van der Waals surface area contributed by atoms with Crippen LogP contribution in [-0.2, 0) is 4.79 Å². The highest BCUT2D eigenvalue weighted by atomic mass is 32.1.